The Kier molecular flexibility index (Phi) is 5.99. The van der Waals surface area contributed by atoms with Crippen molar-refractivity contribution in [2.24, 2.45) is 0 Å². The van der Waals surface area contributed by atoms with E-state index in [1.54, 1.807) is 24.9 Å². The van der Waals surface area contributed by atoms with Gasteiger partial charge in [0.1, 0.15) is 12.0 Å². The third kappa shape index (κ3) is 4.17. The number of amides is 1. The van der Waals surface area contributed by atoms with Gasteiger partial charge in [-0.05, 0) is 24.6 Å². The molecule has 1 aromatic carbocycles. The Labute approximate surface area is 130 Å². The van der Waals surface area contributed by atoms with Crippen LogP contribution in [-0.4, -0.2) is 42.2 Å². The van der Waals surface area contributed by atoms with E-state index in [-0.39, 0.29) is 11.3 Å². The second-order valence-electron chi connectivity index (χ2n) is 4.63. The van der Waals surface area contributed by atoms with Crippen LogP contribution in [0.4, 0.5) is 0 Å². The maximum absolute atomic E-state index is 12.1. The molecule has 0 aromatic heterocycles. The van der Waals surface area contributed by atoms with Crippen molar-refractivity contribution in [1.29, 1.82) is 0 Å². The SMILES string of the molecule is CC/C=C/C(=O)N1CCSC1COc1ccccc1OC. The molecule has 1 atom stereocenters. The highest BCUT2D eigenvalue weighted by molar-refractivity contribution is 8.00. The van der Waals surface area contributed by atoms with E-state index in [0.717, 1.165) is 18.7 Å². The van der Waals surface area contributed by atoms with Gasteiger partial charge in [0, 0.05) is 12.3 Å². The Morgan fingerprint density at radius 2 is 2.19 bits per heavy atom. The molecule has 1 heterocycles. The normalized spacial score (nSPS) is 18.2. The third-order valence-electron chi connectivity index (χ3n) is 3.22. The highest BCUT2D eigenvalue weighted by Gasteiger charge is 2.28. The number of ether oxygens (including phenoxy) is 2. The Bertz CT molecular complexity index is 504. The van der Waals surface area contributed by atoms with Gasteiger partial charge in [-0.25, -0.2) is 0 Å². The first-order valence-corrected chi connectivity index (χ1v) is 8.15. The van der Waals surface area contributed by atoms with E-state index in [9.17, 15) is 4.79 Å². The quantitative estimate of drug-likeness (QED) is 0.758. The van der Waals surface area contributed by atoms with Gasteiger partial charge < -0.3 is 14.4 Å². The van der Waals surface area contributed by atoms with Crippen LogP contribution < -0.4 is 9.47 Å². The van der Waals surface area contributed by atoms with Gasteiger partial charge in [-0.2, -0.15) is 0 Å². The number of carbonyl (C=O) groups is 1. The first kappa shape index (κ1) is 15.8. The number of para-hydroxylation sites is 2. The van der Waals surface area contributed by atoms with Crippen LogP contribution in [0.1, 0.15) is 13.3 Å². The molecule has 1 amide bonds. The number of hydrogen-bond donors (Lipinski definition) is 0. The minimum atomic E-state index is 0.0592. The number of hydrogen-bond acceptors (Lipinski definition) is 4. The summed E-state index contributed by atoms with van der Waals surface area (Å²) >= 11 is 1.75. The Balaban J connectivity index is 1.95. The van der Waals surface area contributed by atoms with Crippen molar-refractivity contribution in [3.8, 4) is 11.5 Å². The lowest BCUT2D eigenvalue weighted by atomic mass is 10.3. The van der Waals surface area contributed by atoms with Gasteiger partial charge in [-0.15, -0.1) is 11.8 Å². The van der Waals surface area contributed by atoms with Gasteiger partial charge >= 0.3 is 0 Å². The van der Waals surface area contributed by atoms with Crippen molar-refractivity contribution in [1.82, 2.24) is 4.90 Å². The summed E-state index contributed by atoms with van der Waals surface area (Å²) in [4.78, 5) is 14.0. The van der Waals surface area contributed by atoms with E-state index in [1.165, 1.54) is 0 Å². The molecule has 0 aliphatic carbocycles. The van der Waals surface area contributed by atoms with Gasteiger partial charge in [-0.1, -0.05) is 25.1 Å². The van der Waals surface area contributed by atoms with Crippen LogP contribution in [0.25, 0.3) is 0 Å². The Morgan fingerprint density at radius 3 is 2.90 bits per heavy atom. The van der Waals surface area contributed by atoms with Crippen LogP contribution in [0.15, 0.2) is 36.4 Å². The maximum Gasteiger partial charge on any atom is 0.247 e. The zero-order valence-corrected chi connectivity index (χ0v) is 13.3. The summed E-state index contributed by atoms with van der Waals surface area (Å²) in [6.45, 7) is 3.26. The molecule has 4 nitrogen and oxygen atoms in total. The fraction of sp³-hybridized carbons (Fsp3) is 0.438. The zero-order chi connectivity index (χ0) is 15.1. The minimum absolute atomic E-state index is 0.0592. The lowest BCUT2D eigenvalue weighted by Gasteiger charge is -2.23. The topological polar surface area (TPSA) is 38.8 Å². The Morgan fingerprint density at radius 1 is 1.43 bits per heavy atom. The molecule has 1 saturated heterocycles. The number of nitrogens with zero attached hydrogens (tertiary/aromatic N) is 1. The van der Waals surface area contributed by atoms with Crippen LogP contribution in [0.2, 0.25) is 0 Å². The summed E-state index contributed by atoms with van der Waals surface area (Å²) in [7, 11) is 1.62. The molecule has 0 saturated carbocycles. The molecule has 0 radical (unpaired) electrons. The lowest BCUT2D eigenvalue weighted by Crippen LogP contribution is -2.37. The van der Waals surface area contributed by atoms with Crippen molar-refractivity contribution >= 4 is 17.7 Å². The summed E-state index contributed by atoms with van der Waals surface area (Å²) in [6.07, 6.45) is 4.42. The highest BCUT2D eigenvalue weighted by atomic mass is 32.2. The third-order valence-corrected chi connectivity index (χ3v) is 4.41. The smallest absolute Gasteiger partial charge is 0.247 e. The summed E-state index contributed by atoms with van der Waals surface area (Å²) < 4.78 is 11.1. The van der Waals surface area contributed by atoms with Crippen LogP contribution in [0.5, 0.6) is 11.5 Å². The van der Waals surface area contributed by atoms with Crippen LogP contribution >= 0.6 is 11.8 Å². The van der Waals surface area contributed by atoms with Crippen molar-refractivity contribution in [3.05, 3.63) is 36.4 Å². The van der Waals surface area contributed by atoms with Crippen molar-refractivity contribution < 1.29 is 14.3 Å². The predicted octanol–water partition coefficient (Wildman–Crippen LogP) is 2.94. The molecule has 5 heteroatoms. The average Bonchev–Trinajstić information content (AvgIpc) is 2.99. The first-order chi connectivity index (χ1) is 10.3. The van der Waals surface area contributed by atoms with Gasteiger partial charge in [0.05, 0.1) is 7.11 Å². The molecular formula is C16H21NO3S. The number of allylic oxidation sites excluding steroid dienone is 1. The Hall–Kier alpha value is -1.62. The molecule has 1 fully saturated rings. The number of rotatable bonds is 6. The molecular weight excluding hydrogens is 286 g/mol. The molecule has 2 rings (SSSR count). The molecule has 114 valence electrons. The van der Waals surface area contributed by atoms with Gasteiger partial charge in [0.15, 0.2) is 11.5 Å². The van der Waals surface area contributed by atoms with Crippen LogP contribution in [0, 0.1) is 0 Å². The molecule has 21 heavy (non-hydrogen) atoms. The summed E-state index contributed by atoms with van der Waals surface area (Å²) in [6, 6.07) is 7.56. The first-order valence-electron chi connectivity index (χ1n) is 7.10. The standard InChI is InChI=1S/C16H21NO3S/c1-3-4-9-15(18)17-10-11-21-16(17)12-20-14-8-6-5-7-13(14)19-2/h4-9,16H,3,10-12H2,1-2H3/b9-4+. The molecule has 1 unspecified atom stereocenters. The number of benzene rings is 1. The van der Waals surface area contributed by atoms with E-state index in [1.807, 2.05) is 42.2 Å². The van der Waals surface area contributed by atoms with Crippen LogP contribution in [0.3, 0.4) is 0 Å². The average molecular weight is 307 g/mol. The second kappa shape index (κ2) is 7.98. The minimum Gasteiger partial charge on any atom is -0.493 e. The van der Waals surface area contributed by atoms with E-state index in [2.05, 4.69) is 0 Å². The lowest BCUT2D eigenvalue weighted by molar-refractivity contribution is -0.126. The predicted molar refractivity (Wildman–Crippen MR) is 85.9 cm³/mol. The fourth-order valence-electron chi connectivity index (χ4n) is 2.12. The zero-order valence-electron chi connectivity index (χ0n) is 12.5. The molecule has 1 aliphatic rings. The number of methoxy groups -OCH3 is 1. The van der Waals surface area contributed by atoms with Gasteiger partial charge in [0.25, 0.3) is 0 Å². The summed E-state index contributed by atoms with van der Waals surface area (Å²) in [5.74, 6) is 2.44. The second-order valence-corrected chi connectivity index (χ2v) is 5.92. The van der Waals surface area contributed by atoms with Crippen molar-refractivity contribution in [2.75, 3.05) is 26.0 Å². The largest absolute Gasteiger partial charge is 0.493 e. The fourth-order valence-corrected chi connectivity index (χ4v) is 3.25. The number of thioether (sulfide) groups is 1. The monoisotopic (exact) mass is 307 g/mol. The van der Waals surface area contributed by atoms with Gasteiger partial charge in [0.2, 0.25) is 5.91 Å². The molecule has 0 bridgehead atoms. The molecule has 1 aliphatic heterocycles. The van der Waals surface area contributed by atoms with Crippen molar-refractivity contribution in [3.63, 3.8) is 0 Å². The van der Waals surface area contributed by atoms with E-state index in [4.69, 9.17) is 9.47 Å². The van der Waals surface area contributed by atoms with Crippen molar-refractivity contribution in [2.45, 2.75) is 18.7 Å². The molecule has 1 aromatic rings. The van der Waals surface area contributed by atoms with E-state index in [0.29, 0.717) is 18.1 Å². The van der Waals surface area contributed by atoms with Gasteiger partial charge in [-0.3, -0.25) is 4.79 Å². The summed E-state index contributed by atoms with van der Waals surface area (Å²) in [5.41, 5.74) is 0. The molecule has 0 N–H and O–H groups in total. The maximum atomic E-state index is 12.1. The van der Waals surface area contributed by atoms with Crippen LogP contribution in [-0.2, 0) is 4.79 Å². The van der Waals surface area contributed by atoms with E-state index < -0.39 is 0 Å². The number of carbonyl (C=O) groups excluding carboxylic acids is 1. The molecule has 0 spiro atoms. The highest BCUT2D eigenvalue weighted by Crippen LogP contribution is 2.29. The summed E-state index contributed by atoms with van der Waals surface area (Å²) in [5, 5.41) is 0.0592. The van der Waals surface area contributed by atoms with E-state index >= 15 is 0 Å².